The summed E-state index contributed by atoms with van der Waals surface area (Å²) in [5.74, 6) is 0.514. The van der Waals surface area contributed by atoms with Gasteiger partial charge in [-0.15, -0.1) is 6.58 Å². The fraction of sp³-hybridized carbons (Fsp3) is 0.300. The van der Waals surface area contributed by atoms with Gasteiger partial charge in [-0.05, 0) is 25.0 Å². The predicted molar refractivity (Wildman–Crippen MR) is 55.1 cm³/mol. The van der Waals surface area contributed by atoms with Crippen LogP contribution in [0.1, 0.15) is 23.6 Å². The second-order valence-corrected chi connectivity index (χ2v) is 3.12. The molecule has 1 aromatic heterocycles. The molecule has 0 aliphatic carbocycles. The molecular weight excluding hydrogens is 162 g/mol. The molecule has 0 aliphatic heterocycles. The van der Waals surface area contributed by atoms with Crippen LogP contribution in [-0.2, 0) is 0 Å². The Balaban J connectivity index is 2.97. The molecule has 70 valence electrons. The lowest BCUT2D eigenvalue weighted by Gasteiger charge is -2.11. The highest BCUT2D eigenvalue weighted by molar-refractivity contribution is 5.42. The molecule has 0 spiro atoms. The van der Waals surface area contributed by atoms with Gasteiger partial charge in [-0.25, -0.2) is 4.98 Å². The number of nitrogen functional groups attached to an aromatic ring is 1. The topological polar surface area (TPSA) is 64.9 Å². The van der Waals surface area contributed by atoms with Crippen molar-refractivity contribution >= 4 is 5.82 Å². The summed E-state index contributed by atoms with van der Waals surface area (Å²) >= 11 is 0. The van der Waals surface area contributed by atoms with E-state index in [9.17, 15) is 0 Å². The second kappa shape index (κ2) is 4.05. The number of nitrogens with zero attached hydrogens (tertiary/aromatic N) is 1. The molecule has 0 amide bonds. The third-order valence-electron chi connectivity index (χ3n) is 1.91. The van der Waals surface area contributed by atoms with E-state index in [-0.39, 0.29) is 6.04 Å². The van der Waals surface area contributed by atoms with E-state index in [1.165, 1.54) is 0 Å². The zero-order valence-corrected chi connectivity index (χ0v) is 7.83. The van der Waals surface area contributed by atoms with Crippen LogP contribution in [0.15, 0.2) is 24.9 Å². The Morgan fingerprint density at radius 2 is 2.38 bits per heavy atom. The van der Waals surface area contributed by atoms with Crippen molar-refractivity contribution < 1.29 is 0 Å². The van der Waals surface area contributed by atoms with E-state index in [0.717, 1.165) is 17.5 Å². The molecule has 4 N–H and O–H groups in total. The average molecular weight is 177 g/mol. The number of anilines is 1. The SMILES string of the molecule is C=CC[C@H](N)c1cc(C)cnc1N. The number of aryl methyl sites for hydroxylation is 1. The Kier molecular flexibility index (Phi) is 3.03. The number of aromatic nitrogens is 1. The van der Waals surface area contributed by atoms with Crippen molar-refractivity contribution in [3.05, 3.63) is 36.0 Å². The van der Waals surface area contributed by atoms with Crippen LogP contribution in [0.4, 0.5) is 5.82 Å². The molecule has 0 unspecified atom stereocenters. The lowest BCUT2D eigenvalue weighted by atomic mass is 10.0. The lowest BCUT2D eigenvalue weighted by molar-refractivity contribution is 0.739. The van der Waals surface area contributed by atoms with Gasteiger partial charge in [-0.2, -0.15) is 0 Å². The molecule has 0 aromatic carbocycles. The number of hydrogen-bond donors (Lipinski definition) is 2. The van der Waals surface area contributed by atoms with Crippen LogP contribution in [0, 0.1) is 6.92 Å². The van der Waals surface area contributed by atoms with E-state index < -0.39 is 0 Å². The zero-order valence-electron chi connectivity index (χ0n) is 7.83. The first-order valence-electron chi connectivity index (χ1n) is 4.23. The van der Waals surface area contributed by atoms with Crippen LogP contribution in [0.3, 0.4) is 0 Å². The first-order valence-corrected chi connectivity index (χ1v) is 4.23. The van der Waals surface area contributed by atoms with E-state index in [4.69, 9.17) is 11.5 Å². The summed E-state index contributed by atoms with van der Waals surface area (Å²) in [5, 5.41) is 0. The Labute approximate surface area is 78.5 Å². The fourth-order valence-corrected chi connectivity index (χ4v) is 1.21. The summed E-state index contributed by atoms with van der Waals surface area (Å²) in [6.07, 6.45) is 4.24. The Hall–Kier alpha value is -1.35. The molecule has 1 aromatic rings. The number of nitrogens with two attached hydrogens (primary N) is 2. The molecule has 0 radical (unpaired) electrons. The third-order valence-corrected chi connectivity index (χ3v) is 1.91. The van der Waals surface area contributed by atoms with Gasteiger partial charge < -0.3 is 11.5 Å². The quantitative estimate of drug-likeness (QED) is 0.688. The second-order valence-electron chi connectivity index (χ2n) is 3.12. The van der Waals surface area contributed by atoms with Crippen molar-refractivity contribution in [2.45, 2.75) is 19.4 Å². The van der Waals surface area contributed by atoms with Gasteiger partial charge in [0.2, 0.25) is 0 Å². The van der Waals surface area contributed by atoms with Crippen LogP contribution in [-0.4, -0.2) is 4.98 Å². The smallest absolute Gasteiger partial charge is 0.128 e. The highest BCUT2D eigenvalue weighted by Gasteiger charge is 2.08. The maximum atomic E-state index is 5.88. The standard InChI is InChI=1S/C10H15N3/c1-3-4-9(11)8-5-7(2)6-13-10(8)12/h3,5-6,9H,1,4,11H2,2H3,(H2,12,13)/t9-/m0/s1. The molecule has 0 saturated heterocycles. The van der Waals surface area contributed by atoms with Gasteiger partial charge in [0.1, 0.15) is 5.82 Å². The van der Waals surface area contributed by atoms with Crippen molar-refractivity contribution in [3.63, 3.8) is 0 Å². The van der Waals surface area contributed by atoms with Gasteiger partial charge in [0.25, 0.3) is 0 Å². The highest BCUT2D eigenvalue weighted by Crippen LogP contribution is 2.20. The first-order chi connectivity index (χ1) is 6.15. The summed E-state index contributed by atoms with van der Waals surface area (Å²) in [6, 6.07) is 1.88. The molecule has 13 heavy (non-hydrogen) atoms. The van der Waals surface area contributed by atoms with Crippen LogP contribution >= 0.6 is 0 Å². The summed E-state index contributed by atoms with van der Waals surface area (Å²) in [4.78, 5) is 4.05. The number of pyridine rings is 1. The summed E-state index contributed by atoms with van der Waals surface area (Å²) in [6.45, 7) is 5.61. The Morgan fingerprint density at radius 1 is 1.69 bits per heavy atom. The molecule has 3 nitrogen and oxygen atoms in total. The van der Waals surface area contributed by atoms with E-state index in [2.05, 4.69) is 11.6 Å². The molecule has 0 aliphatic rings. The normalized spacial score (nSPS) is 12.5. The molecule has 3 heteroatoms. The van der Waals surface area contributed by atoms with Crippen molar-refractivity contribution in [1.29, 1.82) is 0 Å². The molecule has 1 atom stereocenters. The van der Waals surface area contributed by atoms with Crippen molar-refractivity contribution in [2.75, 3.05) is 5.73 Å². The zero-order chi connectivity index (χ0) is 9.84. The maximum Gasteiger partial charge on any atom is 0.128 e. The Morgan fingerprint density at radius 3 is 3.00 bits per heavy atom. The maximum absolute atomic E-state index is 5.88. The first kappa shape index (κ1) is 9.74. The predicted octanol–water partition coefficient (Wildman–Crippen LogP) is 1.55. The molecule has 0 bridgehead atoms. The van der Waals surface area contributed by atoms with Gasteiger partial charge in [0.15, 0.2) is 0 Å². The van der Waals surface area contributed by atoms with Crippen molar-refractivity contribution in [1.82, 2.24) is 4.98 Å². The van der Waals surface area contributed by atoms with Crippen LogP contribution < -0.4 is 11.5 Å². The lowest BCUT2D eigenvalue weighted by Crippen LogP contribution is -2.12. The summed E-state index contributed by atoms with van der Waals surface area (Å²) < 4.78 is 0. The largest absolute Gasteiger partial charge is 0.383 e. The molecular formula is C10H15N3. The van der Waals surface area contributed by atoms with Crippen molar-refractivity contribution in [3.8, 4) is 0 Å². The van der Waals surface area contributed by atoms with Gasteiger partial charge in [0, 0.05) is 17.8 Å². The summed E-state index contributed by atoms with van der Waals surface area (Å²) in [7, 11) is 0. The van der Waals surface area contributed by atoms with Crippen molar-refractivity contribution in [2.24, 2.45) is 5.73 Å². The van der Waals surface area contributed by atoms with Gasteiger partial charge in [0.05, 0.1) is 0 Å². The molecule has 1 heterocycles. The van der Waals surface area contributed by atoms with E-state index in [1.807, 2.05) is 13.0 Å². The van der Waals surface area contributed by atoms with Crippen LogP contribution in [0.2, 0.25) is 0 Å². The molecule has 0 fully saturated rings. The van der Waals surface area contributed by atoms with E-state index >= 15 is 0 Å². The van der Waals surface area contributed by atoms with Gasteiger partial charge in [-0.3, -0.25) is 0 Å². The third kappa shape index (κ3) is 2.29. The minimum Gasteiger partial charge on any atom is -0.383 e. The van der Waals surface area contributed by atoms with Gasteiger partial charge in [-0.1, -0.05) is 6.08 Å². The highest BCUT2D eigenvalue weighted by atomic mass is 14.8. The number of rotatable bonds is 3. The summed E-state index contributed by atoms with van der Waals surface area (Å²) in [5.41, 5.74) is 13.6. The van der Waals surface area contributed by atoms with E-state index in [1.54, 1.807) is 12.3 Å². The molecule has 1 rings (SSSR count). The van der Waals surface area contributed by atoms with E-state index in [0.29, 0.717) is 5.82 Å². The van der Waals surface area contributed by atoms with Gasteiger partial charge >= 0.3 is 0 Å². The fourth-order valence-electron chi connectivity index (χ4n) is 1.21. The minimum atomic E-state index is -0.0927. The Bertz CT molecular complexity index is 307. The monoisotopic (exact) mass is 177 g/mol. The number of hydrogen-bond acceptors (Lipinski definition) is 3. The minimum absolute atomic E-state index is 0.0927. The molecule has 0 saturated carbocycles. The average Bonchev–Trinajstić information content (AvgIpc) is 2.09. The van der Waals surface area contributed by atoms with Crippen LogP contribution in [0.25, 0.3) is 0 Å². The van der Waals surface area contributed by atoms with Crippen LogP contribution in [0.5, 0.6) is 0 Å².